The van der Waals surface area contributed by atoms with Crippen LogP contribution in [-0.2, 0) is 11.3 Å². The second-order valence-electron chi connectivity index (χ2n) is 4.24. The van der Waals surface area contributed by atoms with Crippen molar-refractivity contribution in [3.8, 4) is 0 Å². The van der Waals surface area contributed by atoms with E-state index in [4.69, 9.17) is 5.11 Å². The summed E-state index contributed by atoms with van der Waals surface area (Å²) < 4.78 is 1.33. The first kappa shape index (κ1) is 14.9. The number of nitrogens with zero attached hydrogens (tertiary/aromatic N) is 4. The average molecular weight is 272 g/mol. The van der Waals surface area contributed by atoms with E-state index in [2.05, 4.69) is 29.4 Å². The molecule has 0 aliphatic rings. The highest BCUT2D eigenvalue weighted by molar-refractivity contribution is 7.99. The molecule has 1 rings (SSSR count). The Labute approximate surface area is 111 Å². The second-order valence-corrected chi connectivity index (χ2v) is 5.23. The minimum atomic E-state index is -0.929. The van der Waals surface area contributed by atoms with Gasteiger partial charge in [0.2, 0.25) is 5.16 Å². The molecule has 6 nitrogen and oxygen atoms in total. The lowest BCUT2D eigenvalue weighted by Crippen LogP contribution is -2.12. The molecule has 0 aliphatic heterocycles. The zero-order valence-corrected chi connectivity index (χ0v) is 11.7. The van der Waals surface area contributed by atoms with Crippen LogP contribution in [0.1, 0.15) is 39.5 Å². The monoisotopic (exact) mass is 272 g/mol. The quantitative estimate of drug-likeness (QED) is 0.693. The molecule has 0 radical (unpaired) electrons. The lowest BCUT2D eigenvalue weighted by molar-refractivity contribution is -0.138. The van der Waals surface area contributed by atoms with E-state index in [1.165, 1.54) is 23.9 Å². The third-order valence-electron chi connectivity index (χ3n) is 2.78. The first-order chi connectivity index (χ1) is 8.67. The summed E-state index contributed by atoms with van der Waals surface area (Å²) in [7, 11) is 0. The molecule has 0 saturated carbocycles. The maximum absolute atomic E-state index is 10.6. The smallest absolute Gasteiger partial charge is 0.325 e. The van der Waals surface area contributed by atoms with Gasteiger partial charge < -0.3 is 5.11 Å². The van der Waals surface area contributed by atoms with Crippen LogP contribution in [0.15, 0.2) is 5.16 Å². The van der Waals surface area contributed by atoms with Crippen LogP contribution in [-0.4, -0.2) is 37.0 Å². The number of thioether (sulfide) groups is 1. The van der Waals surface area contributed by atoms with Gasteiger partial charge in [0.25, 0.3) is 0 Å². The van der Waals surface area contributed by atoms with E-state index in [0.29, 0.717) is 11.1 Å². The van der Waals surface area contributed by atoms with Crippen molar-refractivity contribution in [3.05, 3.63) is 0 Å². The molecule has 1 N–H and O–H groups in total. The summed E-state index contributed by atoms with van der Waals surface area (Å²) in [6.45, 7) is 4.19. The van der Waals surface area contributed by atoms with Crippen molar-refractivity contribution < 1.29 is 9.90 Å². The Kier molecular flexibility index (Phi) is 6.70. The molecule has 1 atom stereocenters. The average Bonchev–Trinajstić information content (AvgIpc) is 2.76. The molecule has 0 aliphatic carbocycles. The Bertz CT molecular complexity index is 370. The fraction of sp³-hybridized carbons (Fsp3) is 0.818. The van der Waals surface area contributed by atoms with Crippen LogP contribution in [0.3, 0.4) is 0 Å². The molecule has 0 aromatic carbocycles. The van der Waals surface area contributed by atoms with Crippen molar-refractivity contribution >= 4 is 17.7 Å². The number of carboxylic acid groups (broad SMARTS) is 1. The molecular formula is C11H20N4O2S. The van der Waals surface area contributed by atoms with Gasteiger partial charge in [-0.3, -0.25) is 4.79 Å². The lowest BCUT2D eigenvalue weighted by atomic mass is 10.0. The van der Waals surface area contributed by atoms with Gasteiger partial charge in [0.15, 0.2) is 0 Å². The van der Waals surface area contributed by atoms with E-state index in [-0.39, 0.29) is 6.54 Å². The standard InChI is InChI=1S/C11H20N4O2S/c1-3-5-6-9(4-2)8-18-11-12-13-14-15(11)7-10(16)17/h9H,3-8H2,1-2H3,(H,16,17). The van der Waals surface area contributed by atoms with E-state index < -0.39 is 5.97 Å². The predicted octanol–water partition coefficient (Wildman–Crippen LogP) is 2.07. The van der Waals surface area contributed by atoms with Gasteiger partial charge in [0.1, 0.15) is 6.54 Å². The summed E-state index contributed by atoms with van der Waals surface area (Å²) >= 11 is 1.54. The molecule has 18 heavy (non-hydrogen) atoms. The van der Waals surface area contributed by atoms with Gasteiger partial charge in [0, 0.05) is 5.75 Å². The van der Waals surface area contributed by atoms with Gasteiger partial charge in [-0.05, 0) is 22.8 Å². The summed E-state index contributed by atoms with van der Waals surface area (Å²) in [6.07, 6.45) is 4.78. The second kappa shape index (κ2) is 8.07. The summed E-state index contributed by atoms with van der Waals surface area (Å²) in [4.78, 5) is 10.6. The highest BCUT2D eigenvalue weighted by Gasteiger charge is 2.13. The topological polar surface area (TPSA) is 80.9 Å². The number of tetrazole rings is 1. The third kappa shape index (κ3) is 5.03. The Morgan fingerprint density at radius 2 is 2.28 bits per heavy atom. The minimum Gasteiger partial charge on any atom is -0.480 e. The Morgan fingerprint density at radius 3 is 2.89 bits per heavy atom. The largest absolute Gasteiger partial charge is 0.480 e. The summed E-state index contributed by atoms with van der Waals surface area (Å²) in [6, 6.07) is 0. The van der Waals surface area contributed by atoms with Crippen molar-refractivity contribution in [3.63, 3.8) is 0 Å². The SMILES string of the molecule is CCCCC(CC)CSc1nnnn1CC(=O)O. The van der Waals surface area contributed by atoms with Gasteiger partial charge in [0.05, 0.1) is 0 Å². The Balaban J connectivity index is 2.46. The normalized spacial score (nSPS) is 12.6. The fourth-order valence-corrected chi connectivity index (χ4v) is 2.75. The van der Waals surface area contributed by atoms with Gasteiger partial charge in [-0.15, -0.1) is 5.10 Å². The molecule has 0 amide bonds. The first-order valence-electron chi connectivity index (χ1n) is 6.28. The molecule has 0 spiro atoms. The van der Waals surface area contributed by atoms with Crippen molar-refractivity contribution in [1.29, 1.82) is 0 Å². The van der Waals surface area contributed by atoms with Crippen molar-refractivity contribution in [2.24, 2.45) is 5.92 Å². The maximum atomic E-state index is 10.6. The van der Waals surface area contributed by atoms with E-state index in [1.807, 2.05) is 0 Å². The van der Waals surface area contributed by atoms with Gasteiger partial charge in [-0.1, -0.05) is 44.9 Å². The van der Waals surface area contributed by atoms with Crippen molar-refractivity contribution in [2.45, 2.75) is 51.2 Å². The van der Waals surface area contributed by atoms with Gasteiger partial charge in [-0.2, -0.15) is 0 Å². The zero-order chi connectivity index (χ0) is 13.4. The lowest BCUT2D eigenvalue weighted by Gasteiger charge is -2.12. The van der Waals surface area contributed by atoms with E-state index >= 15 is 0 Å². The molecule has 1 aromatic rings. The number of aliphatic carboxylic acids is 1. The maximum Gasteiger partial charge on any atom is 0.325 e. The van der Waals surface area contributed by atoms with Crippen LogP contribution in [0.25, 0.3) is 0 Å². The number of hydrogen-bond acceptors (Lipinski definition) is 5. The van der Waals surface area contributed by atoms with E-state index in [1.54, 1.807) is 11.8 Å². The number of aromatic nitrogens is 4. The highest BCUT2D eigenvalue weighted by Crippen LogP contribution is 2.22. The van der Waals surface area contributed by atoms with Crippen LogP contribution in [0, 0.1) is 5.92 Å². The molecule has 1 unspecified atom stereocenters. The number of unbranched alkanes of at least 4 members (excludes halogenated alkanes) is 1. The highest BCUT2D eigenvalue weighted by atomic mass is 32.2. The molecule has 1 aromatic heterocycles. The number of hydrogen-bond donors (Lipinski definition) is 1. The van der Waals surface area contributed by atoms with Crippen molar-refractivity contribution in [1.82, 2.24) is 20.2 Å². The fourth-order valence-electron chi connectivity index (χ4n) is 1.62. The van der Waals surface area contributed by atoms with Gasteiger partial charge >= 0.3 is 5.97 Å². The molecule has 0 bridgehead atoms. The first-order valence-corrected chi connectivity index (χ1v) is 7.26. The van der Waals surface area contributed by atoms with Crippen LogP contribution in [0.2, 0.25) is 0 Å². The van der Waals surface area contributed by atoms with Crippen LogP contribution < -0.4 is 0 Å². The molecule has 1 heterocycles. The minimum absolute atomic E-state index is 0.179. The summed E-state index contributed by atoms with van der Waals surface area (Å²) in [5.41, 5.74) is 0. The summed E-state index contributed by atoms with van der Waals surface area (Å²) in [5, 5.41) is 20.4. The zero-order valence-electron chi connectivity index (χ0n) is 10.9. The predicted molar refractivity (Wildman–Crippen MR) is 69.5 cm³/mol. The number of carboxylic acids is 1. The van der Waals surface area contributed by atoms with Crippen LogP contribution >= 0.6 is 11.8 Å². The molecule has 0 fully saturated rings. The van der Waals surface area contributed by atoms with Crippen LogP contribution in [0.5, 0.6) is 0 Å². The van der Waals surface area contributed by atoms with E-state index in [9.17, 15) is 4.79 Å². The summed E-state index contributed by atoms with van der Waals surface area (Å²) in [5.74, 6) is 0.656. The molecular weight excluding hydrogens is 252 g/mol. The molecule has 0 saturated heterocycles. The number of carbonyl (C=O) groups is 1. The molecule has 7 heteroatoms. The van der Waals surface area contributed by atoms with Crippen LogP contribution in [0.4, 0.5) is 0 Å². The Hall–Kier alpha value is -1.11. The third-order valence-corrected chi connectivity index (χ3v) is 3.96. The number of rotatable bonds is 9. The van der Waals surface area contributed by atoms with E-state index in [0.717, 1.165) is 12.2 Å². The Morgan fingerprint density at radius 1 is 1.50 bits per heavy atom. The molecule has 102 valence electrons. The van der Waals surface area contributed by atoms with Crippen molar-refractivity contribution in [2.75, 3.05) is 5.75 Å². The van der Waals surface area contributed by atoms with Gasteiger partial charge in [-0.25, -0.2) is 4.68 Å².